The first-order valence-electron chi connectivity index (χ1n) is 6.97. The second-order valence-electron chi connectivity index (χ2n) is 5.68. The molecule has 0 aliphatic heterocycles. The lowest BCUT2D eigenvalue weighted by Crippen LogP contribution is -2.05. The van der Waals surface area contributed by atoms with E-state index < -0.39 is 5.97 Å². The zero-order valence-electron chi connectivity index (χ0n) is 12.7. The van der Waals surface area contributed by atoms with Gasteiger partial charge in [0.25, 0.3) is 0 Å². The van der Waals surface area contributed by atoms with Crippen LogP contribution in [0.5, 0.6) is 0 Å². The number of esters is 1. The Kier molecular flexibility index (Phi) is 4.07. The summed E-state index contributed by atoms with van der Waals surface area (Å²) in [6, 6.07) is 8.03. The Morgan fingerprint density at radius 1 is 1.10 bits per heavy atom. The van der Waals surface area contributed by atoms with Crippen molar-refractivity contribution in [1.82, 2.24) is 4.98 Å². The Hall–Kier alpha value is -1.90. The third-order valence-corrected chi connectivity index (χ3v) is 3.53. The number of methoxy groups -OCH3 is 1. The lowest BCUT2D eigenvalue weighted by molar-refractivity contribution is 0.0594. The average Bonchev–Trinajstić information content (AvgIpc) is 2.44. The molecule has 2 rings (SSSR count). The zero-order chi connectivity index (χ0) is 14.9. The van der Waals surface area contributed by atoms with Gasteiger partial charge in [-0.05, 0) is 35.1 Å². The van der Waals surface area contributed by atoms with Crippen LogP contribution in [-0.4, -0.2) is 18.1 Å². The van der Waals surface area contributed by atoms with Crippen LogP contribution in [0.4, 0.5) is 0 Å². The predicted molar refractivity (Wildman–Crippen MR) is 81.3 cm³/mol. The molecule has 0 fully saturated rings. The molecule has 0 saturated heterocycles. The zero-order valence-corrected chi connectivity index (χ0v) is 12.7. The first kappa shape index (κ1) is 14.5. The number of ether oxygens (including phenoxy) is 1. The molecule has 0 radical (unpaired) electrons. The summed E-state index contributed by atoms with van der Waals surface area (Å²) in [7, 11) is 1.37. The van der Waals surface area contributed by atoms with Gasteiger partial charge in [0.2, 0.25) is 0 Å². The van der Waals surface area contributed by atoms with E-state index in [1.54, 1.807) is 6.07 Å². The van der Waals surface area contributed by atoms with E-state index in [4.69, 9.17) is 4.74 Å². The summed E-state index contributed by atoms with van der Waals surface area (Å²) < 4.78 is 4.75. The van der Waals surface area contributed by atoms with Gasteiger partial charge in [0.05, 0.1) is 12.6 Å². The number of hydrogen-bond acceptors (Lipinski definition) is 3. The lowest BCUT2D eigenvalue weighted by Gasteiger charge is -2.15. The van der Waals surface area contributed by atoms with Gasteiger partial charge in [-0.1, -0.05) is 39.8 Å². The van der Waals surface area contributed by atoms with Crippen molar-refractivity contribution in [3.05, 3.63) is 41.1 Å². The van der Waals surface area contributed by atoms with Crippen molar-refractivity contribution in [2.75, 3.05) is 7.11 Å². The van der Waals surface area contributed by atoms with E-state index >= 15 is 0 Å². The van der Waals surface area contributed by atoms with Crippen molar-refractivity contribution < 1.29 is 9.53 Å². The number of carbonyl (C=O) groups is 1. The van der Waals surface area contributed by atoms with Gasteiger partial charge in [-0.2, -0.15) is 0 Å². The Morgan fingerprint density at radius 2 is 1.80 bits per heavy atom. The van der Waals surface area contributed by atoms with Crippen LogP contribution >= 0.6 is 0 Å². The molecule has 0 N–H and O–H groups in total. The van der Waals surface area contributed by atoms with Crippen LogP contribution < -0.4 is 0 Å². The summed E-state index contributed by atoms with van der Waals surface area (Å²) in [5.74, 6) is 0.434. The Bertz CT molecular complexity index is 645. The number of benzene rings is 1. The number of nitrogens with zero attached hydrogens (tertiary/aromatic N) is 1. The second-order valence-corrected chi connectivity index (χ2v) is 5.68. The minimum atomic E-state index is -0.394. The highest BCUT2D eigenvalue weighted by molar-refractivity contribution is 5.92. The molecule has 0 amide bonds. The number of fused-ring (bicyclic) bond motifs is 1. The van der Waals surface area contributed by atoms with Crippen LogP contribution in [0.3, 0.4) is 0 Å². The van der Waals surface area contributed by atoms with Crippen LogP contribution in [0, 0.1) is 0 Å². The first-order valence-corrected chi connectivity index (χ1v) is 6.97. The largest absolute Gasteiger partial charge is 0.464 e. The summed E-state index contributed by atoms with van der Waals surface area (Å²) in [6.07, 6.45) is 0. The smallest absolute Gasteiger partial charge is 0.356 e. The van der Waals surface area contributed by atoms with Gasteiger partial charge in [-0.25, -0.2) is 9.78 Å². The topological polar surface area (TPSA) is 39.2 Å². The Balaban J connectivity index is 2.70. The molecule has 3 heteroatoms. The fraction of sp³-hybridized carbons (Fsp3) is 0.412. The average molecular weight is 271 g/mol. The molecule has 0 unspecified atom stereocenters. The standard InChI is InChI=1S/C17H21NO2/c1-10(2)13-8-12-6-7-15(17(19)20-5)18-16(12)14(9-13)11(3)4/h6-11H,1-5H3. The van der Waals surface area contributed by atoms with Crippen molar-refractivity contribution in [2.24, 2.45) is 0 Å². The molecule has 0 spiro atoms. The molecular weight excluding hydrogens is 250 g/mol. The SMILES string of the molecule is COC(=O)c1ccc2cc(C(C)C)cc(C(C)C)c2n1. The molecular formula is C17H21NO2. The van der Waals surface area contributed by atoms with Crippen LogP contribution in [-0.2, 0) is 4.74 Å². The molecule has 0 aliphatic carbocycles. The third-order valence-electron chi connectivity index (χ3n) is 3.53. The highest BCUT2D eigenvalue weighted by Crippen LogP contribution is 2.29. The molecule has 2 aromatic rings. The number of pyridine rings is 1. The summed E-state index contributed by atoms with van der Waals surface area (Å²) in [6.45, 7) is 8.65. The van der Waals surface area contributed by atoms with Crippen molar-refractivity contribution in [3.8, 4) is 0 Å². The molecule has 1 aromatic heterocycles. The lowest BCUT2D eigenvalue weighted by atomic mass is 9.92. The highest BCUT2D eigenvalue weighted by Gasteiger charge is 2.14. The summed E-state index contributed by atoms with van der Waals surface area (Å²) in [5, 5.41) is 1.08. The van der Waals surface area contributed by atoms with Crippen LogP contribution in [0.2, 0.25) is 0 Å². The number of hydrogen-bond donors (Lipinski definition) is 0. The normalized spacial score (nSPS) is 11.3. The molecule has 0 aliphatic rings. The van der Waals surface area contributed by atoms with Crippen molar-refractivity contribution in [2.45, 2.75) is 39.5 Å². The summed E-state index contributed by atoms with van der Waals surface area (Å²) >= 11 is 0. The van der Waals surface area contributed by atoms with Crippen LogP contribution in [0.25, 0.3) is 10.9 Å². The van der Waals surface area contributed by atoms with Crippen molar-refractivity contribution >= 4 is 16.9 Å². The van der Waals surface area contributed by atoms with E-state index in [2.05, 4.69) is 44.8 Å². The Labute approximate surface area is 120 Å². The minimum absolute atomic E-state index is 0.358. The molecule has 20 heavy (non-hydrogen) atoms. The van der Waals surface area contributed by atoms with Gasteiger partial charge in [-0.3, -0.25) is 0 Å². The maximum absolute atomic E-state index is 11.6. The Morgan fingerprint density at radius 3 is 2.35 bits per heavy atom. The molecule has 0 bridgehead atoms. The van der Waals surface area contributed by atoms with Gasteiger partial charge in [0.15, 0.2) is 0 Å². The molecule has 1 heterocycles. The molecule has 106 valence electrons. The van der Waals surface area contributed by atoms with Crippen molar-refractivity contribution in [3.63, 3.8) is 0 Å². The van der Waals surface area contributed by atoms with Gasteiger partial charge < -0.3 is 4.74 Å². The fourth-order valence-corrected chi connectivity index (χ4v) is 2.28. The minimum Gasteiger partial charge on any atom is -0.464 e. The van der Waals surface area contributed by atoms with E-state index in [1.165, 1.54) is 18.2 Å². The molecule has 0 atom stereocenters. The summed E-state index contributed by atoms with van der Waals surface area (Å²) in [4.78, 5) is 16.1. The van der Waals surface area contributed by atoms with Gasteiger partial charge in [0.1, 0.15) is 5.69 Å². The number of aromatic nitrogens is 1. The quantitative estimate of drug-likeness (QED) is 0.783. The van der Waals surface area contributed by atoms with E-state index in [-0.39, 0.29) is 0 Å². The maximum atomic E-state index is 11.6. The van der Waals surface area contributed by atoms with Gasteiger partial charge in [0, 0.05) is 5.39 Å². The van der Waals surface area contributed by atoms with E-state index in [0.717, 1.165) is 10.9 Å². The highest BCUT2D eigenvalue weighted by atomic mass is 16.5. The van der Waals surface area contributed by atoms with Crippen LogP contribution in [0.15, 0.2) is 24.3 Å². The maximum Gasteiger partial charge on any atom is 0.356 e. The summed E-state index contributed by atoms with van der Waals surface area (Å²) in [5.41, 5.74) is 3.73. The van der Waals surface area contributed by atoms with Gasteiger partial charge >= 0.3 is 5.97 Å². The first-order chi connectivity index (χ1) is 9.43. The predicted octanol–water partition coefficient (Wildman–Crippen LogP) is 4.27. The van der Waals surface area contributed by atoms with E-state index in [1.807, 2.05) is 6.07 Å². The molecule has 0 saturated carbocycles. The van der Waals surface area contributed by atoms with E-state index in [0.29, 0.717) is 17.5 Å². The second kappa shape index (κ2) is 5.61. The fourth-order valence-electron chi connectivity index (χ4n) is 2.28. The van der Waals surface area contributed by atoms with E-state index in [9.17, 15) is 4.79 Å². The van der Waals surface area contributed by atoms with Crippen molar-refractivity contribution in [1.29, 1.82) is 0 Å². The molecule has 1 aromatic carbocycles. The molecule has 3 nitrogen and oxygen atoms in total. The van der Waals surface area contributed by atoms with Gasteiger partial charge in [-0.15, -0.1) is 0 Å². The number of carbonyl (C=O) groups excluding carboxylic acids is 1. The monoisotopic (exact) mass is 271 g/mol. The third kappa shape index (κ3) is 2.67. The van der Waals surface area contributed by atoms with Crippen LogP contribution in [0.1, 0.15) is 61.1 Å². The number of rotatable bonds is 3.